The van der Waals surface area contributed by atoms with Crippen LogP contribution in [0, 0.1) is 11.6 Å². The van der Waals surface area contributed by atoms with E-state index >= 15 is 0 Å². The van der Waals surface area contributed by atoms with Crippen LogP contribution in [0.2, 0.25) is 0 Å². The minimum atomic E-state index is -0.810. The number of benzene rings is 1. The monoisotopic (exact) mass is 256 g/mol. The third kappa shape index (κ3) is 2.53. The normalized spacial score (nSPS) is 25.3. The molecule has 100 valence electrons. The molecule has 2 unspecified atom stereocenters. The molecule has 0 aliphatic carbocycles. The highest BCUT2D eigenvalue weighted by Crippen LogP contribution is 2.30. The largest absolute Gasteiger partial charge is 0.374 e. The van der Waals surface area contributed by atoms with Gasteiger partial charge in [-0.2, -0.15) is 0 Å². The average Bonchev–Trinajstić information content (AvgIpc) is 2.34. The van der Waals surface area contributed by atoms with Gasteiger partial charge in [-0.3, -0.25) is 4.90 Å². The van der Waals surface area contributed by atoms with Crippen molar-refractivity contribution in [1.29, 1.82) is 0 Å². The number of ether oxygens (including phenoxy) is 1. The zero-order valence-electron chi connectivity index (χ0n) is 10.6. The average molecular weight is 256 g/mol. The Morgan fingerprint density at radius 2 is 2.22 bits per heavy atom. The number of hydrogen-bond donors (Lipinski definition) is 1. The molecule has 1 heterocycles. The number of rotatable bonds is 3. The molecule has 1 aliphatic heterocycles. The molecular weight excluding hydrogens is 238 g/mol. The van der Waals surface area contributed by atoms with Crippen LogP contribution in [-0.2, 0) is 4.74 Å². The van der Waals surface area contributed by atoms with E-state index in [1.54, 1.807) is 6.07 Å². The minimum Gasteiger partial charge on any atom is -0.374 e. The molecule has 1 aliphatic rings. The summed E-state index contributed by atoms with van der Waals surface area (Å²) >= 11 is 0. The van der Waals surface area contributed by atoms with Gasteiger partial charge in [0.2, 0.25) is 0 Å². The third-order valence-corrected chi connectivity index (χ3v) is 3.31. The molecule has 1 aromatic rings. The first kappa shape index (κ1) is 13.4. The predicted octanol–water partition coefficient (Wildman–Crippen LogP) is 1.56. The van der Waals surface area contributed by atoms with Crippen molar-refractivity contribution in [3.63, 3.8) is 0 Å². The highest BCUT2D eigenvalue weighted by molar-refractivity contribution is 5.24. The highest BCUT2D eigenvalue weighted by atomic mass is 19.2. The molecule has 2 atom stereocenters. The predicted molar refractivity (Wildman–Crippen MR) is 65.4 cm³/mol. The van der Waals surface area contributed by atoms with Crippen LogP contribution in [0.1, 0.15) is 11.6 Å². The summed E-state index contributed by atoms with van der Waals surface area (Å²) in [5.41, 5.74) is 0.359. The lowest BCUT2D eigenvalue weighted by Crippen LogP contribution is -2.47. The van der Waals surface area contributed by atoms with Crippen molar-refractivity contribution in [2.75, 3.05) is 33.8 Å². The van der Waals surface area contributed by atoms with Crippen molar-refractivity contribution in [2.24, 2.45) is 0 Å². The van der Waals surface area contributed by atoms with Gasteiger partial charge in [0.25, 0.3) is 0 Å². The first-order valence-electron chi connectivity index (χ1n) is 6.05. The maximum atomic E-state index is 13.9. The van der Waals surface area contributed by atoms with E-state index in [-0.39, 0.29) is 12.1 Å². The van der Waals surface area contributed by atoms with Crippen LogP contribution in [0.25, 0.3) is 0 Å². The van der Waals surface area contributed by atoms with Gasteiger partial charge in [0, 0.05) is 18.7 Å². The van der Waals surface area contributed by atoms with Crippen molar-refractivity contribution in [2.45, 2.75) is 12.1 Å². The molecule has 0 amide bonds. The lowest BCUT2D eigenvalue weighted by molar-refractivity contribution is -0.0617. The van der Waals surface area contributed by atoms with E-state index < -0.39 is 11.6 Å². The summed E-state index contributed by atoms with van der Waals surface area (Å²) in [7, 11) is 3.72. The van der Waals surface area contributed by atoms with Gasteiger partial charge < -0.3 is 10.1 Å². The molecule has 0 radical (unpaired) electrons. The maximum absolute atomic E-state index is 13.9. The molecule has 0 saturated carbocycles. The van der Waals surface area contributed by atoms with E-state index in [4.69, 9.17) is 4.74 Å². The van der Waals surface area contributed by atoms with E-state index in [0.29, 0.717) is 25.3 Å². The molecule has 1 aromatic carbocycles. The van der Waals surface area contributed by atoms with E-state index in [0.717, 1.165) is 6.07 Å². The Morgan fingerprint density at radius 1 is 1.44 bits per heavy atom. The summed E-state index contributed by atoms with van der Waals surface area (Å²) in [5, 5.41) is 3.02. The van der Waals surface area contributed by atoms with Crippen molar-refractivity contribution in [3.05, 3.63) is 35.4 Å². The Morgan fingerprint density at radius 3 is 2.94 bits per heavy atom. The fourth-order valence-electron chi connectivity index (χ4n) is 2.42. The topological polar surface area (TPSA) is 24.5 Å². The number of likely N-dealkylation sites (N-methyl/N-ethyl adjacent to an activating group) is 2. The highest BCUT2D eigenvalue weighted by Gasteiger charge is 2.33. The van der Waals surface area contributed by atoms with Crippen LogP contribution in [0.15, 0.2) is 18.2 Å². The first-order chi connectivity index (χ1) is 8.65. The standard InChI is InChI=1S/C13H18F2N2O/c1-16-8-11-13(17(2)6-7-18-11)9-4-3-5-10(14)12(9)15/h3-5,11,13,16H,6-8H2,1-2H3. The molecule has 0 spiro atoms. The zero-order chi connectivity index (χ0) is 13.1. The summed E-state index contributed by atoms with van der Waals surface area (Å²) in [4.78, 5) is 2.00. The second-order valence-electron chi connectivity index (χ2n) is 4.54. The van der Waals surface area contributed by atoms with Gasteiger partial charge in [0.1, 0.15) is 0 Å². The third-order valence-electron chi connectivity index (χ3n) is 3.31. The van der Waals surface area contributed by atoms with Gasteiger partial charge >= 0.3 is 0 Å². The molecule has 5 heteroatoms. The van der Waals surface area contributed by atoms with Crippen LogP contribution < -0.4 is 5.32 Å². The van der Waals surface area contributed by atoms with Crippen molar-refractivity contribution in [3.8, 4) is 0 Å². The first-order valence-corrected chi connectivity index (χ1v) is 6.05. The Bertz CT molecular complexity index is 412. The van der Waals surface area contributed by atoms with Gasteiger partial charge in [-0.15, -0.1) is 0 Å². The number of halogens is 2. The van der Waals surface area contributed by atoms with Crippen LogP contribution in [0.5, 0.6) is 0 Å². The molecule has 0 aromatic heterocycles. The maximum Gasteiger partial charge on any atom is 0.163 e. The second kappa shape index (κ2) is 5.73. The second-order valence-corrected chi connectivity index (χ2v) is 4.54. The van der Waals surface area contributed by atoms with Crippen LogP contribution >= 0.6 is 0 Å². The van der Waals surface area contributed by atoms with Crippen LogP contribution in [0.3, 0.4) is 0 Å². The molecule has 1 N–H and O–H groups in total. The van der Waals surface area contributed by atoms with E-state index in [1.165, 1.54) is 6.07 Å². The SMILES string of the molecule is CNCC1OCCN(C)C1c1cccc(F)c1F. The minimum absolute atomic E-state index is 0.176. The molecular formula is C13H18F2N2O. The summed E-state index contributed by atoms with van der Waals surface area (Å²) in [6.45, 7) is 1.92. The van der Waals surface area contributed by atoms with Crippen molar-refractivity contribution in [1.82, 2.24) is 10.2 Å². The van der Waals surface area contributed by atoms with Gasteiger partial charge in [0.05, 0.1) is 18.8 Å². The van der Waals surface area contributed by atoms with Crippen LogP contribution in [-0.4, -0.2) is 44.8 Å². The Labute approximate surface area is 106 Å². The Hall–Kier alpha value is -1.04. The number of nitrogens with one attached hydrogen (secondary N) is 1. The zero-order valence-corrected chi connectivity index (χ0v) is 10.6. The fourth-order valence-corrected chi connectivity index (χ4v) is 2.42. The molecule has 2 rings (SSSR count). The Balaban J connectivity index is 2.34. The molecule has 0 bridgehead atoms. The van der Waals surface area contributed by atoms with E-state index in [1.807, 2.05) is 19.0 Å². The van der Waals surface area contributed by atoms with Gasteiger partial charge in [0.15, 0.2) is 11.6 Å². The van der Waals surface area contributed by atoms with Gasteiger partial charge in [-0.1, -0.05) is 12.1 Å². The molecule has 1 fully saturated rings. The van der Waals surface area contributed by atoms with Crippen LogP contribution in [0.4, 0.5) is 8.78 Å². The lowest BCUT2D eigenvalue weighted by atomic mass is 9.97. The fraction of sp³-hybridized carbons (Fsp3) is 0.538. The number of nitrogens with zero attached hydrogens (tertiary/aromatic N) is 1. The van der Waals surface area contributed by atoms with Crippen molar-refractivity contribution < 1.29 is 13.5 Å². The van der Waals surface area contributed by atoms with E-state index in [9.17, 15) is 8.78 Å². The molecule has 18 heavy (non-hydrogen) atoms. The number of hydrogen-bond acceptors (Lipinski definition) is 3. The lowest BCUT2D eigenvalue weighted by Gasteiger charge is -2.39. The number of morpholine rings is 1. The van der Waals surface area contributed by atoms with Gasteiger partial charge in [-0.05, 0) is 20.2 Å². The molecule has 3 nitrogen and oxygen atoms in total. The summed E-state index contributed by atoms with van der Waals surface area (Å²) in [5.74, 6) is -1.59. The van der Waals surface area contributed by atoms with Gasteiger partial charge in [-0.25, -0.2) is 8.78 Å². The summed E-state index contributed by atoms with van der Waals surface area (Å²) in [6, 6.07) is 4.03. The molecule has 1 saturated heterocycles. The van der Waals surface area contributed by atoms with E-state index in [2.05, 4.69) is 5.32 Å². The summed E-state index contributed by atoms with van der Waals surface area (Å²) in [6.07, 6.45) is -0.176. The smallest absolute Gasteiger partial charge is 0.163 e. The summed E-state index contributed by atoms with van der Waals surface area (Å²) < 4.78 is 32.9. The quantitative estimate of drug-likeness (QED) is 0.888. The van der Waals surface area contributed by atoms with Crippen molar-refractivity contribution >= 4 is 0 Å². The Kier molecular flexibility index (Phi) is 4.27.